The van der Waals surface area contributed by atoms with E-state index in [1.165, 1.54) is 0 Å². The van der Waals surface area contributed by atoms with Crippen LogP contribution in [0.4, 0.5) is 11.4 Å². The van der Waals surface area contributed by atoms with Gasteiger partial charge in [0.15, 0.2) is 0 Å². The molecular weight excluding hydrogens is 379 g/mol. The van der Waals surface area contributed by atoms with Gasteiger partial charge in [-0.05, 0) is 18.2 Å². The summed E-state index contributed by atoms with van der Waals surface area (Å²) in [6.07, 6.45) is 0. The van der Waals surface area contributed by atoms with Crippen molar-refractivity contribution in [2.24, 2.45) is 0 Å². The van der Waals surface area contributed by atoms with Gasteiger partial charge < -0.3 is 14.7 Å². The van der Waals surface area contributed by atoms with Crippen molar-refractivity contribution in [3.05, 3.63) is 108 Å². The number of benzene rings is 3. The number of anilines is 2. The van der Waals surface area contributed by atoms with E-state index >= 15 is 0 Å². The Hall–Kier alpha value is -3.23. The van der Waals surface area contributed by atoms with Gasteiger partial charge in [0.05, 0.1) is 0 Å². The zero-order chi connectivity index (χ0) is 20.3. The summed E-state index contributed by atoms with van der Waals surface area (Å²) in [5.74, 6) is 4.59. The monoisotopic (exact) mass is 402 g/mol. The Labute approximate surface area is 171 Å². The molecule has 3 aromatic rings. The van der Waals surface area contributed by atoms with Gasteiger partial charge in [-0.2, -0.15) is 0 Å². The first-order valence-electron chi connectivity index (χ1n) is 9.42. The predicted molar refractivity (Wildman–Crippen MR) is 122 cm³/mol. The Morgan fingerprint density at radius 3 is 1.83 bits per heavy atom. The van der Waals surface area contributed by atoms with E-state index in [4.69, 9.17) is 4.74 Å². The molecule has 5 heteroatoms. The maximum atomic E-state index is 13.9. The van der Waals surface area contributed by atoms with Crippen LogP contribution < -0.4 is 9.99 Å². The fraction of sp³-hybridized carbons (Fsp3) is 0.0833. The van der Waals surface area contributed by atoms with Crippen LogP contribution in [0.5, 0.6) is 0 Å². The second-order valence-electron chi connectivity index (χ2n) is 7.09. The Kier molecular flexibility index (Phi) is 5.28. The molecule has 4 nitrogen and oxygen atoms in total. The third-order valence-electron chi connectivity index (χ3n) is 4.62. The minimum Gasteiger partial charge on any atom is -0.456 e. The number of hydrogen-bond donors (Lipinski definition) is 1. The van der Waals surface area contributed by atoms with Gasteiger partial charge in [0.1, 0.15) is 11.5 Å². The van der Waals surface area contributed by atoms with Crippen LogP contribution >= 0.6 is 7.29 Å². The molecule has 0 atom stereocenters. The smallest absolute Gasteiger partial charge is 0.220 e. The SMILES string of the molecule is CN(C)c1cccc(NP2(=O)C=C(c3ccccc3)OC(c3ccccc3)=C2)c1. The van der Waals surface area contributed by atoms with Crippen LogP contribution in [0.3, 0.4) is 0 Å². The highest BCUT2D eigenvalue weighted by Gasteiger charge is 2.27. The van der Waals surface area contributed by atoms with Crippen molar-refractivity contribution < 1.29 is 9.30 Å². The molecule has 3 aromatic carbocycles. The van der Waals surface area contributed by atoms with Crippen LogP contribution in [-0.2, 0) is 9.30 Å². The van der Waals surface area contributed by atoms with E-state index in [0.29, 0.717) is 11.5 Å². The third-order valence-corrected chi connectivity index (χ3v) is 6.46. The summed E-state index contributed by atoms with van der Waals surface area (Å²) in [6.45, 7) is 0. The minimum atomic E-state index is -3.05. The average Bonchev–Trinajstić information content (AvgIpc) is 2.74. The fourth-order valence-corrected chi connectivity index (χ4v) is 5.00. The van der Waals surface area contributed by atoms with Gasteiger partial charge >= 0.3 is 0 Å². The standard InChI is InChI=1S/C24H23N2O2P/c1-26(2)22-15-9-14-21(16-22)25-29(27)17-23(19-10-5-3-6-11-19)28-24(18-29)20-12-7-4-8-13-20/h3-18H,1-2H3,(H,25,27). The van der Waals surface area contributed by atoms with Crippen molar-refractivity contribution >= 4 is 30.2 Å². The lowest BCUT2D eigenvalue weighted by atomic mass is 10.2. The van der Waals surface area contributed by atoms with Gasteiger partial charge in [-0.15, -0.1) is 0 Å². The van der Waals surface area contributed by atoms with Crippen molar-refractivity contribution in [2.75, 3.05) is 24.1 Å². The van der Waals surface area contributed by atoms with Gasteiger partial charge in [-0.25, -0.2) is 0 Å². The second-order valence-corrected chi connectivity index (χ2v) is 9.25. The van der Waals surface area contributed by atoms with E-state index < -0.39 is 7.29 Å². The van der Waals surface area contributed by atoms with Gasteiger partial charge in [0.2, 0.25) is 7.29 Å². The van der Waals surface area contributed by atoms with Gasteiger partial charge in [0, 0.05) is 48.2 Å². The molecule has 146 valence electrons. The Morgan fingerprint density at radius 1 is 0.759 bits per heavy atom. The summed E-state index contributed by atoms with van der Waals surface area (Å²) in [7, 11) is 0.919. The first-order chi connectivity index (χ1) is 14.0. The van der Waals surface area contributed by atoms with Crippen LogP contribution in [0.25, 0.3) is 11.5 Å². The molecule has 1 heterocycles. The maximum absolute atomic E-state index is 13.9. The number of nitrogens with zero attached hydrogens (tertiary/aromatic N) is 1. The second kappa shape index (κ2) is 8.02. The number of hydrogen-bond acceptors (Lipinski definition) is 3. The Balaban J connectivity index is 1.76. The largest absolute Gasteiger partial charge is 0.456 e. The van der Waals surface area contributed by atoms with Crippen molar-refractivity contribution in [2.45, 2.75) is 0 Å². The maximum Gasteiger partial charge on any atom is 0.220 e. The molecule has 0 aromatic heterocycles. The third kappa shape index (κ3) is 4.44. The zero-order valence-corrected chi connectivity index (χ0v) is 17.3. The highest BCUT2D eigenvalue weighted by molar-refractivity contribution is 7.72. The van der Waals surface area contributed by atoms with Gasteiger partial charge in [-0.3, -0.25) is 4.57 Å². The van der Waals surface area contributed by atoms with Crippen LogP contribution in [0.15, 0.2) is 96.6 Å². The van der Waals surface area contributed by atoms with Crippen LogP contribution in [-0.4, -0.2) is 14.1 Å². The molecule has 0 amide bonds. The molecule has 0 radical (unpaired) electrons. The van der Waals surface area contributed by atoms with E-state index in [1.54, 1.807) is 11.6 Å². The molecule has 1 N–H and O–H groups in total. The summed E-state index contributed by atoms with van der Waals surface area (Å²) < 4.78 is 20.0. The first-order valence-corrected chi connectivity index (χ1v) is 11.3. The number of nitrogens with one attached hydrogen (secondary N) is 1. The highest BCUT2D eigenvalue weighted by Crippen LogP contribution is 2.56. The summed E-state index contributed by atoms with van der Waals surface area (Å²) in [6, 6.07) is 27.4. The van der Waals surface area contributed by atoms with Crippen molar-refractivity contribution in [3.63, 3.8) is 0 Å². The predicted octanol–water partition coefficient (Wildman–Crippen LogP) is 6.47. The first kappa shape index (κ1) is 19.1. The van der Waals surface area contributed by atoms with Crippen molar-refractivity contribution in [1.29, 1.82) is 0 Å². The molecule has 29 heavy (non-hydrogen) atoms. The molecule has 1 aliphatic heterocycles. The molecular formula is C24H23N2O2P. The topological polar surface area (TPSA) is 41.6 Å². The van der Waals surface area contributed by atoms with E-state index in [1.807, 2.05) is 104 Å². The lowest BCUT2D eigenvalue weighted by Gasteiger charge is -2.24. The normalized spacial score (nSPS) is 15.0. The fourth-order valence-electron chi connectivity index (χ4n) is 3.15. The van der Waals surface area contributed by atoms with E-state index in [2.05, 4.69) is 5.09 Å². The van der Waals surface area contributed by atoms with Crippen LogP contribution in [0, 0.1) is 0 Å². The molecule has 1 aliphatic rings. The lowest BCUT2D eigenvalue weighted by Crippen LogP contribution is -2.09. The lowest BCUT2D eigenvalue weighted by molar-refractivity contribution is 0.469. The highest BCUT2D eigenvalue weighted by atomic mass is 31.2. The minimum absolute atomic E-state index is 0.589. The van der Waals surface area contributed by atoms with E-state index in [9.17, 15) is 4.57 Å². The molecule has 0 fully saturated rings. The summed E-state index contributed by atoms with van der Waals surface area (Å²) in [5.41, 5.74) is 3.61. The molecule has 4 rings (SSSR count). The molecule has 0 bridgehead atoms. The van der Waals surface area contributed by atoms with Gasteiger partial charge in [0.25, 0.3) is 0 Å². The zero-order valence-electron chi connectivity index (χ0n) is 16.4. The van der Waals surface area contributed by atoms with Crippen molar-refractivity contribution in [1.82, 2.24) is 0 Å². The van der Waals surface area contributed by atoms with Crippen molar-refractivity contribution in [3.8, 4) is 0 Å². The Bertz CT molecular complexity index is 1050. The van der Waals surface area contributed by atoms with Crippen LogP contribution in [0.1, 0.15) is 11.1 Å². The molecule has 0 saturated carbocycles. The van der Waals surface area contributed by atoms with E-state index in [-0.39, 0.29) is 0 Å². The number of rotatable bonds is 5. The Morgan fingerprint density at radius 2 is 1.31 bits per heavy atom. The van der Waals surface area contributed by atoms with E-state index in [0.717, 1.165) is 22.5 Å². The molecule has 0 aliphatic carbocycles. The summed E-state index contributed by atoms with van der Waals surface area (Å²) >= 11 is 0. The van der Waals surface area contributed by atoms with Gasteiger partial charge in [-0.1, -0.05) is 66.7 Å². The molecule has 0 unspecified atom stereocenters. The van der Waals surface area contributed by atoms with Crippen LogP contribution in [0.2, 0.25) is 0 Å². The molecule has 0 spiro atoms. The summed E-state index contributed by atoms with van der Waals surface area (Å²) in [5, 5.41) is 3.25. The summed E-state index contributed by atoms with van der Waals surface area (Å²) in [4.78, 5) is 2.02. The number of ether oxygens (including phenoxy) is 1. The molecule has 0 saturated heterocycles. The average molecular weight is 402 g/mol. The quantitative estimate of drug-likeness (QED) is 0.497.